The molecule has 1 heterocycles. The second-order valence-electron chi connectivity index (χ2n) is 3.42. The molecule has 0 amide bonds. The van der Waals surface area contributed by atoms with Crippen molar-refractivity contribution in [3.8, 4) is 0 Å². The average molecular weight is 173 g/mol. The predicted octanol–water partition coefficient (Wildman–Crippen LogP) is 1.47. The van der Waals surface area contributed by atoms with E-state index in [1.165, 1.54) is 25.7 Å². The predicted molar refractivity (Wildman–Crippen MR) is 47.7 cm³/mol. The molecule has 2 nitrogen and oxygen atoms in total. The topological polar surface area (TPSA) is 12.5 Å². The second kappa shape index (κ2) is 3.33. The van der Waals surface area contributed by atoms with Gasteiger partial charge in [-0.05, 0) is 12.8 Å². The van der Waals surface area contributed by atoms with Crippen LogP contribution in [0, 0.1) is 0 Å². The molecule has 2 rings (SSSR count). The fraction of sp³-hybridized carbons (Fsp3) is 1.00. The minimum atomic E-state index is 0.481. The standard InChI is InChI=1S/C8H15NOS/c11-9-5-6-10-8-4-2-1-3-7(8)9/h7-8,11H,1-6H2. The van der Waals surface area contributed by atoms with Gasteiger partial charge in [0.15, 0.2) is 0 Å². The molecule has 0 radical (unpaired) electrons. The summed E-state index contributed by atoms with van der Waals surface area (Å²) in [5.41, 5.74) is 0. The van der Waals surface area contributed by atoms with Gasteiger partial charge in [-0.15, -0.1) is 0 Å². The van der Waals surface area contributed by atoms with Crippen molar-refractivity contribution >= 4 is 12.8 Å². The Balaban J connectivity index is 1.99. The molecule has 0 N–H and O–H groups in total. The lowest BCUT2D eigenvalue weighted by molar-refractivity contribution is -0.0546. The zero-order valence-corrected chi connectivity index (χ0v) is 7.59. The molecule has 1 saturated heterocycles. The first-order valence-electron chi connectivity index (χ1n) is 4.45. The van der Waals surface area contributed by atoms with Crippen molar-refractivity contribution in [2.75, 3.05) is 13.2 Å². The molecule has 64 valence electrons. The van der Waals surface area contributed by atoms with E-state index in [1.807, 2.05) is 0 Å². The Labute approximate surface area is 73.4 Å². The van der Waals surface area contributed by atoms with Crippen molar-refractivity contribution in [2.45, 2.75) is 37.8 Å². The van der Waals surface area contributed by atoms with Crippen LogP contribution in [0.25, 0.3) is 0 Å². The smallest absolute Gasteiger partial charge is 0.0740 e. The molecule has 2 atom stereocenters. The third-order valence-corrected chi connectivity index (χ3v) is 3.20. The van der Waals surface area contributed by atoms with Gasteiger partial charge in [0.05, 0.1) is 12.7 Å². The molecule has 11 heavy (non-hydrogen) atoms. The van der Waals surface area contributed by atoms with Crippen molar-refractivity contribution in [3.63, 3.8) is 0 Å². The van der Waals surface area contributed by atoms with E-state index in [0.717, 1.165) is 13.2 Å². The van der Waals surface area contributed by atoms with E-state index < -0.39 is 0 Å². The summed E-state index contributed by atoms with van der Waals surface area (Å²) < 4.78 is 7.82. The molecule has 2 fully saturated rings. The van der Waals surface area contributed by atoms with Crippen LogP contribution in [0.4, 0.5) is 0 Å². The Kier molecular flexibility index (Phi) is 2.39. The maximum Gasteiger partial charge on any atom is 0.0740 e. The molecule has 2 unspecified atom stereocenters. The van der Waals surface area contributed by atoms with Gasteiger partial charge in [-0.25, -0.2) is 4.31 Å². The molecule has 0 aromatic heterocycles. The summed E-state index contributed by atoms with van der Waals surface area (Å²) in [6.45, 7) is 1.86. The van der Waals surface area contributed by atoms with Crippen molar-refractivity contribution in [3.05, 3.63) is 0 Å². The van der Waals surface area contributed by atoms with Gasteiger partial charge in [0.2, 0.25) is 0 Å². The lowest BCUT2D eigenvalue weighted by atomic mass is 9.91. The number of nitrogens with zero attached hydrogens (tertiary/aromatic N) is 1. The number of hydrogen-bond acceptors (Lipinski definition) is 3. The van der Waals surface area contributed by atoms with Crippen molar-refractivity contribution in [2.24, 2.45) is 0 Å². The number of rotatable bonds is 0. The van der Waals surface area contributed by atoms with Crippen molar-refractivity contribution in [1.29, 1.82) is 0 Å². The zero-order valence-electron chi connectivity index (χ0n) is 6.70. The Morgan fingerprint density at radius 1 is 1.27 bits per heavy atom. The highest BCUT2D eigenvalue weighted by atomic mass is 32.1. The summed E-state index contributed by atoms with van der Waals surface area (Å²) in [5, 5.41) is 0. The molecule has 1 aliphatic carbocycles. The minimum Gasteiger partial charge on any atom is -0.375 e. The number of fused-ring (bicyclic) bond motifs is 1. The fourth-order valence-electron chi connectivity index (χ4n) is 2.08. The highest BCUT2D eigenvalue weighted by molar-refractivity contribution is 7.77. The molecule has 0 aromatic rings. The van der Waals surface area contributed by atoms with Crippen molar-refractivity contribution in [1.82, 2.24) is 4.31 Å². The summed E-state index contributed by atoms with van der Waals surface area (Å²) in [6, 6.07) is 0.598. The molecular formula is C8H15NOS. The van der Waals surface area contributed by atoms with Gasteiger partial charge in [0.25, 0.3) is 0 Å². The highest BCUT2D eigenvalue weighted by Crippen LogP contribution is 2.28. The molecule has 1 aliphatic heterocycles. The van der Waals surface area contributed by atoms with Crippen LogP contribution in [0.15, 0.2) is 0 Å². The van der Waals surface area contributed by atoms with E-state index in [9.17, 15) is 0 Å². The first kappa shape index (κ1) is 7.90. The Morgan fingerprint density at radius 2 is 2.09 bits per heavy atom. The fourth-order valence-corrected chi connectivity index (χ4v) is 2.42. The molecular weight excluding hydrogens is 158 g/mol. The largest absolute Gasteiger partial charge is 0.375 e. The zero-order chi connectivity index (χ0) is 7.68. The van der Waals surface area contributed by atoms with Gasteiger partial charge in [-0.1, -0.05) is 25.7 Å². The number of morpholine rings is 1. The molecule has 3 heteroatoms. The van der Waals surface area contributed by atoms with Gasteiger partial charge in [0, 0.05) is 12.6 Å². The molecule has 0 bridgehead atoms. The summed E-state index contributed by atoms with van der Waals surface area (Å²) in [5.74, 6) is 0. The average Bonchev–Trinajstić information content (AvgIpc) is 2.06. The maximum absolute atomic E-state index is 5.66. The van der Waals surface area contributed by atoms with Crippen LogP contribution in [0.2, 0.25) is 0 Å². The monoisotopic (exact) mass is 173 g/mol. The van der Waals surface area contributed by atoms with E-state index in [0.29, 0.717) is 12.1 Å². The van der Waals surface area contributed by atoms with E-state index in [-0.39, 0.29) is 0 Å². The maximum atomic E-state index is 5.66. The molecule has 2 aliphatic rings. The molecule has 0 spiro atoms. The van der Waals surface area contributed by atoms with Crippen LogP contribution in [-0.4, -0.2) is 29.6 Å². The highest BCUT2D eigenvalue weighted by Gasteiger charge is 2.32. The second-order valence-corrected chi connectivity index (χ2v) is 3.94. The summed E-state index contributed by atoms with van der Waals surface area (Å²) in [4.78, 5) is 0. The van der Waals surface area contributed by atoms with Crippen LogP contribution in [0.1, 0.15) is 25.7 Å². The van der Waals surface area contributed by atoms with Gasteiger partial charge in [0.1, 0.15) is 0 Å². The Bertz CT molecular complexity index is 140. The van der Waals surface area contributed by atoms with Crippen LogP contribution >= 0.6 is 12.8 Å². The van der Waals surface area contributed by atoms with Gasteiger partial charge < -0.3 is 4.74 Å². The minimum absolute atomic E-state index is 0.481. The van der Waals surface area contributed by atoms with E-state index >= 15 is 0 Å². The van der Waals surface area contributed by atoms with Crippen LogP contribution < -0.4 is 0 Å². The first-order chi connectivity index (χ1) is 5.38. The number of ether oxygens (including phenoxy) is 1. The van der Waals surface area contributed by atoms with Crippen LogP contribution in [0.3, 0.4) is 0 Å². The SMILES string of the molecule is SN1CCOC2CCCCC21. The lowest BCUT2D eigenvalue weighted by Crippen LogP contribution is -2.48. The first-order valence-corrected chi connectivity index (χ1v) is 4.85. The van der Waals surface area contributed by atoms with Crippen LogP contribution in [0.5, 0.6) is 0 Å². The van der Waals surface area contributed by atoms with E-state index in [1.54, 1.807) is 0 Å². The molecule has 0 aromatic carbocycles. The normalized spacial score (nSPS) is 40.1. The summed E-state index contributed by atoms with van der Waals surface area (Å²) in [6.07, 6.45) is 5.68. The van der Waals surface area contributed by atoms with E-state index in [4.69, 9.17) is 4.74 Å². The Morgan fingerprint density at radius 3 is 2.91 bits per heavy atom. The lowest BCUT2D eigenvalue weighted by Gasteiger charge is -2.40. The van der Waals surface area contributed by atoms with Crippen molar-refractivity contribution < 1.29 is 4.74 Å². The third kappa shape index (κ3) is 1.55. The number of thiol groups is 1. The van der Waals surface area contributed by atoms with Gasteiger partial charge in [-0.2, -0.15) is 0 Å². The quantitative estimate of drug-likeness (QED) is 0.557. The summed E-state index contributed by atoms with van der Waals surface area (Å²) >= 11 is 4.44. The Hall–Kier alpha value is 0.270. The number of hydrogen-bond donors (Lipinski definition) is 1. The van der Waals surface area contributed by atoms with E-state index in [2.05, 4.69) is 17.1 Å². The summed E-state index contributed by atoms with van der Waals surface area (Å²) in [7, 11) is 0. The van der Waals surface area contributed by atoms with Gasteiger partial charge >= 0.3 is 0 Å². The molecule has 1 saturated carbocycles. The van der Waals surface area contributed by atoms with Crippen LogP contribution in [-0.2, 0) is 4.74 Å². The van der Waals surface area contributed by atoms with Gasteiger partial charge in [-0.3, -0.25) is 0 Å². The third-order valence-electron chi connectivity index (χ3n) is 2.70.